The van der Waals surface area contributed by atoms with Crippen LogP contribution in [0.1, 0.15) is 20.7 Å². The minimum Gasteiger partial charge on any atom is -0.478 e. The highest BCUT2D eigenvalue weighted by Crippen LogP contribution is 2.21. The second kappa shape index (κ2) is 9.21. The highest BCUT2D eigenvalue weighted by atomic mass is 79.9. The summed E-state index contributed by atoms with van der Waals surface area (Å²) < 4.78 is 1.28. The van der Waals surface area contributed by atoms with Crippen LogP contribution in [-0.2, 0) is 0 Å². The van der Waals surface area contributed by atoms with Gasteiger partial charge in [0.25, 0.3) is 0 Å². The number of pyridine rings is 2. The van der Waals surface area contributed by atoms with Crippen molar-refractivity contribution >= 4 is 67.2 Å². The van der Waals surface area contributed by atoms with Crippen molar-refractivity contribution < 1.29 is 19.8 Å². The molecule has 2 heterocycles. The summed E-state index contributed by atoms with van der Waals surface area (Å²) in [6, 6.07) is 2.94. The van der Waals surface area contributed by atoms with Gasteiger partial charge in [-0.05, 0) is 50.2 Å². The van der Waals surface area contributed by atoms with Gasteiger partial charge in [-0.15, -0.1) is 11.8 Å². The molecule has 2 aromatic rings. The van der Waals surface area contributed by atoms with Crippen LogP contribution in [0.25, 0.3) is 0 Å². The number of aromatic nitrogens is 2. The first-order chi connectivity index (χ1) is 10.8. The second-order valence-electron chi connectivity index (χ2n) is 3.81. The van der Waals surface area contributed by atoms with Crippen LogP contribution in [0.3, 0.4) is 0 Å². The molecule has 0 bridgehead atoms. The molecule has 0 saturated carbocycles. The smallest absolute Gasteiger partial charge is 0.338 e. The fourth-order valence-electron chi connectivity index (χ4n) is 1.32. The predicted molar refractivity (Wildman–Crippen MR) is 94.6 cm³/mol. The Morgan fingerprint density at radius 2 is 1.52 bits per heavy atom. The fourth-order valence-corrected chi connectivity index (χ4v) is 2.69. The molecule has 0 saturated heterocycles. The van der Waals surface area contributed by atoms with Crippen LogP contribution in [0.2, 0.25) is 5.15 Å². The molecule has 0 aliphatic rings. The Hall–Kier alpha value is -1.16. The van der Waals surface area contributed by atoms with E-state index in [2.05, 4.69) is 41.8 Å². The molecule has 0 aromatic carbocycles. The molecule has 0 radical (unpaired) electrons. The Kier molecular flexibility index (Phi) is 7.97. The van der Waals surface area contributed by atoms with Gasteiger partial charge in [-0.3, -0.25) is 0 Å². The predicted octanol–water partition coefficient (Wildman–Crippen LogP) is 4.46. The number of carboxylic acids is 2. The zero-order valence-corrected chi connectivity index (χ0v) is 16.2. The molecule has 10 heteroatoms. The SMILES string of the molecule is CSc1ncc(Br)cc1C(=O)O.O=C(O)c1cc(Br)cnc1Cl. The second-order valence-corrected chi connectivity index (χ2v) is 6.80. The monoisotopic (exact) mass is 482 g/mol. The molecule has 6 nitrogen and oxygen atoms in total. The Morgan fingerprint density at radius 3 is 1.96 bits per heavy atom. The van der Waals surface area contributed by atoms with Crippen molar-refractivity contribution in [1.82, 2.24) is 9.97 Å². The Morgan fingerprint density at radius 1 is 1.04 bits per heavy atom. The minimum atomic E-state index is -1.08. The molecule has 122 valence electrons. The first kappa shape index (κ1) is 19.9. The van der Waals surface area contributed by atoms with E-state index in [4.69, 9.17) is 21.8 Å². The first-order valence-electron chi connectivity index (χ1n) is 5.73. The lowest BCUT2D eigenvalue weighted by molar-refractivity contribution is 0.0683. The van der Waals surface area contributed by atoms with E-state index in [1.165, 1.54) is 24.0 Å². The molecular formula is C13H9Br2ClN2O4S. The summed E-state index contributed by atoms with van der Waals surface area (Å²) >= 11 is 13.0. The number of rotatable bonds is 3. The third-order valence-electron chi connectivity index (χ3n) is 2.28. The van der Waals surface area contributed by atoms with E-state index in [1.54, 1.807) is 18.5 Å². The number of nitrogens with zero attached hydrogens (tertiary/aromatic N) is 2. The Labute approximate surface area is 157 Å². The van der Waals surface area contributed by atoms with Gasteiger partial charge in [0.1, 0.15) is 10.2 Å². The van der Waals surface area contributed by atoms with Gasteiger partial charge in [-0.2, -0.15) is 0 Å². The molecule has 0 amide bonds. The van der Waals surface area contributed by atoms with E-state index in [9.17, 15) is 9.59 Å². The zero-order valence-electron chi connectivity index (χ0n) is 11.5. The van der Waals surface area contributed by atoms with E-state index in [0.29, 0.717) is 14.0 Å². The summed E-state index contributed by atoms with van der Waals surface area (Å²) in [6.45, 7) is 0. The number of aromatic carboxylic acids is 2. The van der Waals surface area contributed by atoms with Gasteiger partial charge in [-0.1, -0.05) is 11.6 Å². The minimum absolute atomic E-state index is 0.000648. The maximum absolute atomic E-state index is 10.7. The highest BCUT2D eigenvalue weighted by molar-refractivity contribution is 9.10. The average Bonchev–Trinajstić information content (AvgIpc) is 2.50. The van der Waals surface area contributed by atoms with Crippen molar-refractivity contribution in [2.24, 2.45) is 0 Å². The van der Waals surface area contributed by atoms with Gasteiger partial charge in [0.2, 0.25) is 0 Å². The number of thioether (sulfide) groups is 1. The largest absolute Gasteiger partial charge is 0.478 e. The van der Waals surface area contributed by atoms with Crippen molar-refractivity contribution in [3.63, 3.8) is 0 Å². The van der Waals surface area contributed by atoms with Gasteiger partial charge >= 0.3 is 11.9 Å². The van der Waals surface area contributed by atoms with Crippen molar-refractivity contribution in [1.29, 1.82) is 0 Å². The van der Waals surface area contributed by atoms with E-state index in [0.717, 1.165) is 0 Å². The van der Waals surface area contributed by atoms with Crippen LogP contribution in [0.5, 0.6) is 0 Å². The molecule has 23 heavy (non-hydrogen) atoms. The lowest BCUT2D eigenvalue weighted by atomic mass is 10.3. The van der Waals surface area contributed by atoms with Gasteiger partial charge in [0.15, 0.2) is 0 Å². The molecule has 2 aromatic heterocycles. The Balaban J connectivity index is 0.000000231. The molecule has 2 rings (SSSR count). The molecule has 0 aliphatic carbocycles. The van der Waals surface area contributed by atoms with Crippen LogP contribution in [0.4, 0.5) is 0 Å². The van der Waals surface area contributed by atoms with Crippen molar-refractivity contribution in [3.05, 3.63) is 49.8 Å². The number of hydrogen-bond acceptors (Lipinski definition) is 5. The van der Waals surface area contributed by atoms with Gasteiger partial charge in [0.05, 0.1) is 11.1 Å². The quantitative estimate of drug-likeness (QED) is 0.490. The van der Waals surface area contributed by atoms with Crippen LogP contribution in [-0.4, -0.2) is 38.4 Å². The topological polar surface area (TPSA) is 100 Å². The summed E-state index contributed by atoms with van der Waals surface area (Å²) in [6.07, 6.45) is 4.82. The fraction of sp³-hybridized carbons (Fsp3) is 0.0769. The third-order valence-corrected chi connectivity index (χ3v) is 4.16. The molecule has 2 N–H and O–H groups in total. The normalized spacial score (nSPS) is 9.74. The van der Waals surface area contributed by atoms with Crippen molar-refractivity contribution in [2.75, 3.05) is 6.26 Å². The summed E-state index contributed by atoms with van der Waals surface area (Å²) in [5.41, 5.74) is 0.234. The van der Waals surface area contributed by atoms with Gasteiger partial charge in [-0.25, -0.2) is 19.6 Å². The number of carbonyl (C=O) groups is 2. The van der Waals surface area contributed by atoms with E-state index in [1.807, 2.05) is 0 Å². The van der Waals surface area contributed by atoms with E-state index in [-0.39, 0.29) is 16.3 Å². The summed E-state index contributed by atoms with van der Waals surface area (Å²) in [5, 5.41) is 17.8. The first-order valence-corrected chi connectivity index (χ1v) is 8.92. The summed E-state index contributed by atoms with van der Waals surface area (Å²) in [4.78, 5) is 28.7. The maximum atomic E-state index is 10.7. The standard InChI is InChI=1S/C7H6BrNO2S.C6H3BrClNO2/c1-12-6-5(7(10)11)2-4(8)3-9-6;7-3-1-4(6(10)11)5(8)9-2-3/h2-3H,1H3,(H,10,11);1-2H,(H,10,11). The van der Waals surface area contributed by atoms with Gasteiger partial charge < -0.3 is 10.2 Å². The molecule has 0 fully saturated rings. The van der Waals surface area contributed by atoms with Crippen LogP contribution >= 0.6 is 55.2 Å². The average molecular weight is 485 g/mol. The molecular weight excluding hydrogens is 475 g/mol. The highest BCUT2D eigenvalue weighted by Gasteiger charge is 2.10. The van der Waals surface area contributed by atoms with Crippen molar-refractivity contribution in [2.45, 2.75) is 5.03 Å². The van der Waals surface area contributed by atoms with E-state index >= 15 is 0 Å². The molecule has 0 aliphatic heterocycles. The van der Waals surface area contributed by atoms with Crippen molar-refractivity contribution in [3.8, 4) is 0 Å². The van der Waals surface area contributed by atoms with E-state index < -0.39 is 11.9 Å². The van der Waals surface area contributed by atoms with Gasteiger partial charge in [0, 0.05) is 21.3 Å². The maximum Gasteiger partial charge on any atom is 0.338 e. The van der Waals surface area contributed by atoms with Crippen LogP contribution < -0.4 is 0 Å². The zero-order chi connectivity index (χ0) is 17.6. The number of hydrogen-bond donors (Lipinski definition) is 2. The molecule has 0 spiro atoms. The molecule has 0 unspecified atom stereocenters. The molecule has 0 atom stereocenters. The Bertz CT molecular complexity index is 746. The lowest BCUT2D eigenvalue weighted by Crippen LogP contribution is -2.00. The third kappa shape index (κ3) is 6.09. The number of halogens is 3. The lowest BCUT2D eigenvalue weighted by Gasteiger charge is -2.00. The summed E-state index contributed by atoms with van der Waals surface area (Å²) in [5.74, 6) is -2.03. The van der Waals surface area contributed by atoms with Crippen LogP contribution in [0, 0.1) is 0 Å². The number of carboxylic acid groups (broad SMARTS) is 2. The van der Waals surface area contributed by atoms with Crippen LogP contribution in [0.15, 0.2) is 38.5 Å². The summed E-state index contributed by atoms with van der Waals surface area (Å²) in [7, 11) is 0.